The number of carbonyl (C=O) groups excluding carboxylic acids is 2. The van der Waals surface area contributed by atoms with Crippen LogP contribution in [0.3, 0.4) is 0 Å². The van der Waals surface area contributed by atoms with E-state index in [1.54, 1.807) is 114 Å². The molecular weight excluding hydrogens is 893 g/mol. The summed E-state index contributed by atoms with van der Waals surface area (Å²) in [5, 5.41) is 0. The van der Waals surface area contributed by atoms with Crippen LogP contribution in [-0.4, -0.2) is 70.3 Å². The number of rotatable bonds is 12. The van der Waals surface area contributed by atoms with Crippen LogP contribution in [0.2, 0.25) is 0 Å². The number of morpholine rings is 1. The number of carbonyl (C=O) groups is 2. The van der Waals surface area contributed by atoms with Crippen LogP contribution in [0.5, 0.6) is 0 Å². The Morgan fingerprint density at radius 2 is 0.853 bits per heavy atom. The van der Waals surface area contributed by atoms with Crippen molar-refractivity contribution in [2.75, 3.05) is 28.2 Å². The summed E-state index contributed by atoms with van der Waals surface area (Å²) in [6, 6.07) is 57.6. The molecule has 9 rings (SSSR count). The van der Waals surface area contributed by atoms with Gasteiger partial charge in [0.05, 0.1) is 46.5 Å². The maximum atomic E-state index is 13.6. The first-order valence-electron chi connectivity index (χ1n) is 22.6. The quantitative estimate of drug-likeness (QED) is 0.120. The van der Waals surface area contributed by atoms with Crippen molar-refractivity contribution in [1.29, 1.82) is 0 Å². The second-order valence-electron chi connectivity index (χ2n) is 16.9. The Bertz CT molecular complexity index is 3010. The average Bonchev–Trinajstić information content (AvgIpc) is 3.38. The number of nitrogens with zero attached hydrogens (tertiary/aromatic N) is 4. The second kappa shape index (κ2) is 21.3. The van der Waals surface area contributed by atoms with E-state index in [0.29, 0.717) is 48.7 Å². The van der Waals surface area contributed by atoms with E-state index < -0.39 is 20.0 Å². The Morgan fingerprint density at radius 3 is 1.28 bits per heavy atom. The average molecular weight is 947 g/mol. The van der Waals surface area contributed by atoms with E-state index in [1.807, 2.05) is 91.5 Å². The molecule has 0 aliphatic carbocycles. The van der Waals surface area contributed by atoms with Gasteiger partial charge < -0.3 is 14.5 Å². The molecule has 1 saturated heterocycles. The fourth-order valence-electron chi connectivity index (χ4n) is 8.49. The fourth-order valence-corrected chi connectivity index (χ4v) is 11.4. The van der Waals surface area contributed by atoms with Crippen molar-refractivity contribution in [2.45, 2.75) is 61.9 Å². The zero-order valence-electron chi connectivity index (χ0n) is 38.0. The van der Waals surface area contributed by atoms with Gasteiger partial charge in [0.25, 0.3) is 31.9 Å². The first-order chi connectivity index (χ1) is 32.9. The van der Waals surface area contributed by atoms with Gasteiger partial charge in [-0.15, -0.1) is 0 Å². The predicted molar refractivity (Wildman–Crippen MR) is 266 cm³/mol. The maximum absolute atomic E-state index is 13.6. The highest BCUT2D eigenvalue weighted by molar-refractivity contribution is 7.93. The third-order valence-corrected chi connectivity index (χ3v) is 15.5. The largest absolute Gasteiger partial charge is 0.372 e. The van der Waals surface area contributed by atoms with Crippen LogP contribution in [0.15, 0.2) is 204 Å². The number of benzene rings is 7. The molecule has 13 heteroatoms. The van der Waals surface area contributed by atoms with Crippen molar-refractivity contribution in [3.05, 3.63) is 228 Å². The smallest absolute Gasteiger partial charge is 0.264 e. The summed E-state index contributed by atoms with van der Waals surface area (Å²) < 4.78 is 62.7. The normalized spacial score (nSPS) is 15.9. The third kappa shape index (κ3) is 11.2. The minimum Gasteiger partial charge on any atom is -0.372 e. The van der Waals surface area contributed by atoms with E-state index in [2.05, 4.69) is 12.1 Å². The molecule has 348 valence electrons. The molecule has 0 N–H and O–H groups in total. The summed E-state index contributed by atoms with van der Waals surface area (Å²) in [6.45, 7) is 6.60. The Labute approximate surface area is 400 Å². The summed E-state index contributed by atoms with van der Waals surface area (Å²) in [7, 11) is -7.60. The lowest BCUT2D eigenvalue weighted by Crippen LogP contribution is -2.48. The third-order valence-electron chi connectivity index (χ3n) is 11.9. The molecule has 2 amide bonds. The number of anilines is 2. The molecule has 0 spiro atoms. The topological polar surface area (TPSA) is 125 Å². The van der Waals surface area contributed by atoms with Crippen LogP contribution >= 0.6 is 0 Å². The van der Waals surface area contributed by atoms with Gasteiger partial charge in [0, 0.05) is 37.3 Å². The first kappa shape index (κ1) is 47.4. The van der Waals surface area contributed by atoms with Gasteiger partial charge in [-0.25, -0.2) is 16.8 Å². The van der Waals surface area contributed by atoms with Gasteiger partial charge in [-0.1, -0.05) is 121 Å². The molecule has 68 heavy (non-hydrogen) atoms. The first-order valence-corrected chi connectivity index (χ1v) is 25.5. The molecule has 1 fully saturated rings. The van der Waals surface area contributed by atoms with Crippen molar-refractivity contribution < 1.29 is 31.2 Å². The van der Waals surface area contributed by atoms with Gasteiger partial charge in [0.2, 0.25) is 0 Å². The van der Waals surface area contributed by atoms with E-state index in [0.717, 1.165) is 17.5 Å². The molecule has 2 heterocycles. The zero-order chi connectivity index (χ0) is 47.7. The number of hydrogen-bond donors (Lipinski definition) is 0. The fraction of sp³-hybridized carbons (Fsp3) is 0.200. The van der Waals surface area contributed by atoms with Gasteiger partial charge in [0.1, 0.15) is 0 Å². The summed E-state index contributed by atoms with van der Waals surface area (Å²) in [5.41, 5.74) is 6.29. The Balaban J connectivity index is 0.000000184. The van der Waals surface area contributed by atoms with Gasteiger partial charge >= 0.3 is 0 Å². The number of fused-ring (bicyclic) bond motifs is 1. The Kier molecular flexibility index (Phi) is 14.8. The van der Waals surface area contributed by atoms with E-state index in [1.165, 1.54) is 19.7 Å². The van der Waals surface area contributed by atoms with Crippen LogP contribution < -0.4 is 8.61 Å². The number of hydrogen-bond acceptors (Lipinski definition) is 7. The summed E-state index contributed by atoms with van der Waals surface area (Å²) in [5.74, 6) is -0.129. The van der Waals surface area contributed by atoms with Crippen LogP contribution in [0.1, 0.15) is 56.8 Å². The van der Waals surface area contributed by atoms with Gasteiger partial charge in [-0.2, -0.15) is 0 Å². The van der Waals surface area contributed by atoms with Gasteiger partial charge in [-0.05, 0) is 115 Å². The van der Waals surface area contributed by atoms with Gasteiger partial charge in [-0.3, -0.25) is 18.2 Å². The van der Waals surface area contributed by atoms with Crippen molar-refractivity contribution in [3.63, 3.8) is 0 Å². The number of sulfonamides is 2. The lowest BCUT2D eigenvalue weighted by atomic mass is 9.99. The SMILES string of the molecule is CC1CN(C(=O)c2ccc(N(Cc3ccccc3)S(=O)(=O)c3ccccc3)cc2)CC(C)O1.O=C(c1ccc(N(Cc2ccccc2)S(=O)(=O)c2ccccc2)cc1)N1CCc2ccccc2C1. The molecule has 0 aromatic heterocycles. The number of amides is 2. The lowest BCUT2D eigenvalue weighted by Gasteiger charge is -2.35. The molecule has 2 atom stereocenters. The van der Waals surface area contributed by atoms with Crippen LogP contribution in [0, 0.1) is 0 Å². The molecular formula is C55H54N4O7S2. The van der Waals surface area contributed by atoms with Crippen LogP contribution in [0.25, 0.3) is 0 Å². The molecule has 0 radical (unpaired) electrons. The molecule has 11 nitrogen and oxygen atoms in total. The molecule has 0 saturated carbocycles. The maximum Gasteiger partial charge on any atom is 0.264 e. The van der Waals surface area contributed by atoms with Crippen molar-refractivity contribution in [2.24, 2.45) is 0 Å². The second-order valence-corrected chi connectivity index (χ2v) is 20.7. The summed E-state index contributed by atoms with van der Waals surface area (Å²) in [6.07, 6.45) is 0.795. The minimum absolute atomic E-state index is 0.0191. The highest BCUT2D eigenvalue weighted by Crippen LogP contribution is 2.29. The molecule has 7 aromatic rings. The van der Waals surface area contributed by atoms with Crippen molar-refractivity contribution >= 4 is 43.2 Å². The van der Waals surface area contributed by atoms with Crippen molar-refractivity contribution in [1.82, 2.24) is 9.80 Å². The monoisotopic (exact) mass is 946 g/mol. The van der Waals surface area contributed by atoms with Gasteiger partial charge in [0.15, 0.2) is 0 Å². The summed E-state index contributed by atoms with van der Waals surface area (Å²) in [4.78, 5) is 30.3. The molecule has 2 unspecified atom stereocenters. The Hall–Kier alpha value is -7.06. The minimum atomic E-state index is -3.80. The molecule has 7 aromatic carbocycles. The van der Waals surface area contributed by atoms with E-state index in [4.69, 9.17) is 4.74 Å². The van der Waals surface area contributed by atoms with E-state index in [9.17, 15) is 26.4 Å². The standard InChI is InChI=1S/C29H26N2O3S.C26H28N2O4S/c32-29(30-20-19-24-11-7-8-12-26(24)22-30)25-15-17-27(18-16-25)31(21-23-9-3-1-4-10-23)35(33,34)28-13-5-2-6-14-28;1-20-17-27(18-21(2)32-20)26(29)23-13-15-24(16-14-23)28(19-22-9-5-3-6-10-22)33(30,31)25-11-7-4-8-12-25/h1-18H,19-22H2;3-16,20-21H,17-19H2,1-2H3. The molecule has 2 aliphatic rings. The summed E-state index contributed by atoms with van der Waals surface area (Å²) >= 11 is 0. The predicted octanol–water partition coefficient (Wildman–Crippen LogP) is 9.61. The van der Waals surface area contributed by atoms with E-state index in [-0.39, 0.29) is 46.9 Å². The zero-order valence-corrected chi connectivity index (χ0v) is 39.7. The highest BCUT2D eigenvalue weighted by Gasteiger charge is 2.30. The number of ether oxygens (including phenoxy) is 1. The van der Waals surface area contributed by atoms with Crippen LogP contribution in [-0.2, 0) is 50.8 Å². The van der Waals surface area contributed by atoms with E-state index >= 15 is 0 Å². The highest BCUT2D eigenvalue weighted by atomic mass is 32.2. The van der Waals surface area contributed by atoms with Crippen LogP contribution in [0.4, 0.5) is 11.4 Å². The molecule has 0 bridgehead atoms. The lowest BCUT2D eigenvalue weighted by molar-refractivity contribution is -0.0586. The van der Waals surface area contributed by atoms with Crippen molar-refractivity contribution in [3.8, 4) is 0 Å². The molecule has 2 aliphatic heterocycles. The Morgan fingerprint density at radius 1 is 0.485 bits per heavy atom.